The van der Waals surface area contributed by atoms with E-state index in [4.69, 9.17) is 27.9 Å². The number of aromatic hydroxyl groups is 1. The van der Waals surface area contributed by atoms with Gasteiger partial charge in [0.25, 0.3) is 11.8 Å². The van der Waals surface area contributed by atoms with Gasteiger partial charge in [0.15, 0.2) is 9.75 Å². The molecule has 5 aliphatic rings. The number of anilines is 1. The van der Waals surface area contributed by atoms with Crippen LogP contribution in [0.5, 0.6) is 11.5 Å². The summed E-state index contributed by atoms with van der Waals surface area (Å²) in [6.45, 7) is 0. The van der Waals surface area contributed by atoms with Crippen molar-refractivity contribution >= 4 is 65.1 Å². The number of hydrogen-bond donors (Lipinski definition) is 3. The van der Waals surface area contributed by atoms with Gasteiger partial charge in [-0.3, -0.25) is 29.0 Å². The number of phenolic OH excluding ortho intramolecular Hbond substituents is 1. The van der Waals surface area contributed by atoms with Gasteiger partial charge in [0.1, 0.15) is 11.5 Å². The molecule has 2 aliphatic carbocycles. The zero-order valence-electron chi connectivity index (χ0n) is 22.7. The molecule has 7 rings (SSSR count). The van der Waals surface area contributed by atoms with Gasteiger partial charge < -0.3 is 19.9 Å². The van der Waals surface area contributed by atoms with Crippen LogP contribution in [0.15, 0.2) is 65.9 Å². The topological polar surface area (TPSA) is 145 Å². The average molecular weight is 623 g/mol. The zero-order valence-corrected chi connectivity index (χ0v) is 24.2. The maximum absolute atomic E-state index is 14.1. The largest absolute Gasteiger partial charge is 0.508 e. The van der Waals surface area contributed by atoms with Gasteiger partial charge >= 0.3 is 7.12 Å². The lowest BCUT2D eigenvalue weighted by molar-refractivity contribution is -0.138. The Bertz CT molecular complexity index is 1710. The fraction of sp³-hybridized carbons (Fsp3) is 0.333. The highest BCUT2D eigenvalue weighted by molar-refractivity contribution is 6.58. The summed E-state index contributed by atoms with van der Waals surface area (Å²) in [6, 6.07) is 10.5. The number of rotatable bonds is 3. The predicted octanol–water partition coefficient (Wildman–Crippen LogP) is 1.62. The van der Waals surface area contributed by atoms with Crippen molar-refractivity contribution in [1.82, 2.24) is 4.90 Å². The first kappa shape index (κ1) is 28.2. The highest BCUT2D eigenvalue weighted by atomic mass is 35.5. The van der Waals surface area contributed by atoms with E-state index in [-0.39, 0.29) is 36.2 Å². The minimum Gasteiger partial charge on any atom is -0.508 e. The zero-order chi connectivity index (χ0) is 30.6. The molecule has 0 aromatic heterocycles. The molecule has 10 nitrogen and oxygen atoms in total. The molecule has 6 atom stereocenters. The van der Waals surface area contributed by atoms with E-state index in [1.165, 1.54) is 43.6 Å². The van der Waals surface area contributed by atoms with E-state index >= 15 is 0 Å². The Balaban J connectivity index is 1.34. The summed E-state index contributed by atoms with van der Waals surface area (Å²) in [6.07, 6.45) is 3.58. The normalized spacial score (nSPS) is 32.9. The van der Waals surface area contributed by atoms with Crippen molar-refractivity contribution in [2.75, 3.05) is 11.9 Å². The van der Waals surface area contributed by atoms with Crippen LogP contribution in [0.4, 0.5) is 5.69 Å². The molecule has 0 spiro atoms. The fourth-order valence-corrected chi connectivity index (χ4v) is 8.67. The highest BCUT2D eigenvalue weighted by Gasteiger charge is 2.76. The predicted molar refractivity (Wildman–Crippen MR) is 156 cm³/mol. The van der Waals surface area contributed by atoms with Crippen molar-refractivity contribution in [3.8, 4) is 11.5 Å². The van der Waals surface area contributed by atoms with Crippen LogP contribution in [0.25, 0.3) is 0 Å². The van der Waals surface area contributed by atoms with Gasteiger partial charge in [-0.15, -0.1) is 23.2 Å². The van der Waals surface area contributed by atoms with Gasteiger partial charge in [-0.25, -0.2) is 0 Å². The molecule has 2 aromatic carbocycles. The van der Waals surface area contributed by atoms with Crippen LogP contribution in [0, 0.1) is 23.7 Å². The number of fused-ring (bicyclic) bond motifs is 5. The number of imide groups is 2. The van der Waals surface area contributed by atoms with Gasteiger partial charge in [0.05, 0.1) is 23.8 Å². The molecule has 2 aromatic rings. The number of halogens is 2. The Morgan fingerprint density at radius 2 is 1.77 bits per heavy atom. The lowest BCUT2D eigenvalue weighted by atomic mass is 9.56. The molecule has 1 saturated carbocycles. The molecule has 3 N–H and O–H groups in total. The van der Waals surface area contributed by atoms with Crippen molar-refractivity contribution in [3.63, 3.8) is 0 Å². The molecule has 13 heteroatoms. The number of benzene rings is 2. The van der Waals surface area contributed by atoms with Crippen molar-refractivity contribution in [2.24, 2.45) is 23.7 Å². The molecule has 3 fully saturated rings. The number of ether oxygens (including phenoxy) is 1. The number of alkyl halides is 2. The molecule has 3 aliphatic heterocycles. The Morgan fingerprint density at radius 1 is 1.00 bits per heavy atom. The molecule has 43 heavy (non-hydrogen) atoms. The maximum atomic E-state index is 14.1. The highest BCUT2D eigenvalue weighted by Crippen LogP contribution is 2.64. The van der Waals surface area contributed by atoms with Crippen LogP contribution in [0.2, 0.25) is 0 Å². The average Bonchev–Trinajstić information content (AvgIpc) is 3.31. The molecule has 0 bridgehead atoms. The van der Waals surface area contributed by atoms with E-state index < -0.39 is 64.2 Å². The molecule has 220 valence electrons. The van der Waals surface area contributed by atoms with Crippen LogP contribution in [0.3, 0.4) is 0 Å². The van der Waals surface area contributed by atoms with E-state index in [0.29, 0.717) is 22.5 Å². The first-order chi connectivity index (χ1) is 20.4. The first-order valence-electron chi connectivity index (χ1n) is 13.8. The third-order valence-electron chi connectivity index (χ3n) is 9.59. The number of likely N-dealkylation sites (tertiary alicyclic amines) is 1. The third kappa shape index (κ3) is 3.68. The quantitative estimate of drug-likeness (QED) is 0.203. The number of carbonyl (C=O) groups excluding carboxylic acids is 4. The monoisotopic (exact) mass is 622 g/mol. The Morgan fingerprint density at radius 3 is 2.51 bits per heavy atom. The van der Waals surface area contributed by atoms with E-state index in [0.717, 1.165) is 9.80 Å². The molecular formula is C30H25BCl2N2O8. The van der Waals surface area contributed by atoms with Gasteiger partial charge in [-0.05, 0) is 60.1 Å². The minimum absolute atomic E-state index is 0.0249. The molecule has 4 amide bonds. The van der Waals surface area contributed by atoms with E-state index in [2.05, 4.69) is 0 Å². The summed E-state index contributed by atoms with van der Waals surface area (Å²) in [4.78, 5) is 53.3. The van der Waals surface area contributed by atoms with E-state index in [9.17, 15) is 34.3 Å². The minimum atomic E-state index is -1.93. The summed E-state index contributed by atoms with van der Waals surface area (Å²) >= 11 is 14.4. The van der Waals surface area contributed by atoms with Crippen LogP contribution in [-0.4, -0.2) is 67.6 Å². The number of phenols is 1. The first-order valence-corrected chi connectivity index (χ1v) is 14.6. The summed E-state index contributed by atoms with van der Waals surface area (Å²) in [5.41, 5.74) is 2.13. The molecule has 2 saturated heterocycles. The lowest BCUT2D eigenvalue weighted by Crippen LogP contribution is -2.61. The van der Waals surface area contributed by atoms with Crippen molar-refractivity contribution in [1.29, 1.82) is 0 Å². The standard InChI is InChI=1S/C30H25BCl2N2O8/c1-34-27(39)29(32)12-21-19(24(30(29,33)28(34)40)15-9-14-10-18(36)5-8-22(14)43-13-15)6-7-20-23(21)26(38)35(25(20)37)17-4-2-3-16(11-17)31(41)42/h2-6,8,10-11,13,20-21,23-24,36,41-42H,7,9,12H2,1H3/t20-,21+,23-,24-,29+,30-/m0/s1. The van der Waals surface area contributed by atoms with Crippen molar-refractivity contribution in [2.45, 2.75) is 29.0 Å². The SMILES string of the molecule is CN1C(=O)[C@]2(Cl)C[C@@H]3C(=CC[C@@H]4C(=O)N(c5cccc(B(O)O)c5)C(=O)[C@@H]43)[C@H](C3=COc4ccc(O)cc4C3)[C@]2(Cl)C1=O. The van der Waals surface area contributed by atoms with Crippen molar-refractivity contribution in [3.05, 3.63) is 71.5 Å². The summed E-state index contributed by atoms with van der Waals surface area (Å²) in [5, 5.41) is 29.4. The molecule has 0 radical (unpaired) electrons. The second-order valence-corrected chi connectivity index (χ2v) is 13.0. The van der Waals surface area contributed by atoms with Crippen LogP contribution < -0.4 is 15.1 Å². The molecule has 3 heterocycles. The van der Waals surface area contributed by atoms with Crippen LogP contribution in [-0.2, 0) is 25.6 Å². The van der Waals surface area contributed by atoms with Gasteiger partial charge in [0, 0.05) is 24.9 Å². The Kier molecular flexibility index (Phi) is 6.17. The Hall–Kier alpha value is -3.64. The van der Waals surface area contributed by atoms with Crippen LogP contribution in [0.1, 0.15) is 18.4 Å². The number of carbonyl (C=O) groups is 4. The number of allylic oxidation sites excluding steroid dienone is 3. The molecular weight excluding hydrogens is 598 g/mol. The lowest BCUT2D eigenvalue weighted by Gasteiger charge is -2.51. The fourth-order valence-electron chi connectivity index (χ4n) is 7.63. The van der Waals surface area contributed by atoms with Crippen LogP contribution >= 0.6 is 23.2 Å². The number of hydrogen-bond acceptors (Lipinski definition) is 8. The summed E-state index contributed by atoms with van der Waals surface area (Å²) < 4.78 is 5.89. The van der Waals surface area contributed by atoms with Crippen molar-refractivity contribution < 1.29 is 39.1 Å². The molecule has 0 unspecified atom stereocenters. The Labute approximate surface area is 256 Å². The van der Waals surface area contributed by atoms with E-state index in [1.807, 2.05) is 6.08 Å². The second-order valence-electron chi connectivity index (χ2n) is 11.8. The maximum Gasteiger partial charge on any atom is 0.488 e. The van der Waals surface area contributed by atoms with Gasteiger partial charge in [0.2, 0.25) is 11.8 Å². The second kappa shape index (κ2) is 9.43. The summed E-state index contributed by atoms with van der Waals surface area (Å²) in [5.74, 6) is -5.09. The summed E-state index contributed by atoms with van der Waals surface area (Å²) in [7, 11) is -0.473. The third-order valence-corrected chi connectivity index (χ3v) is 11.0. The number of amides is 4. The smallest absolute Gasteiger partial charge is 0.488 e. The van der Waals surface area contributed by atoms with Gasteiger partial charge in [-0.2, -0.15) is 0 Å². The van der Waals surface area contributed by atoms with Gasteiger partial charge in [-0.1, -0.05) is 23.8 Å². The van der Waals surface area contributed by atoms with E-state index in [1.54, 1.807) is 12.1 Å². The number of nitrogens with zero attached hydrogens (tertiary/aromatic N) is 2.